The quantitative estimate of drug-likeness (QED) is 0.910. The molecule has 0 fully saturated rings. The number of rotatable bonds is 5. The lowest BCUT2D eigenvalue weighted by Crippen LogP contribution is -2.08. The second-order valence-electron chi connectivity index (χ2n) is 4.76. The number of aromatic nitrogens is 2. The summed E-state index contributed by atoms with van der Waals surface area (Å²) in [4.78, 5) is 4.41. The van der Waals surface area contributed by atoms with Crippen LogP contribution in [0.2, 0.25) is 0 Å². The highest BCUT2D eigenvalue weighted by Crippen LogP contribution is 2.33. The smallest absolute Gasteiger partial charge is 0.163 e. The summed E-state index contributed by atoms with van der Waals surface area (Å²) in [5.41, 5.74) is 1.02. The van der Waals surface area contributed by atoms with Crippen LogP contribution in [0.5, 0.6) is 11.5 Å². The van der Waals surface area contributed by atoms with Gasteiger partial charge in [0.1, 0.15) is 5.82 Å². The molecule has 0 spiro atoms. The fourth-order valence-corrected chi connectivity index (χ4v) is 2.59. The molecule has 2 aromatic rings. The van der Waals surface area contributed by atoms with Gasteiger partial charge in [-0.1, -0.05) is 0 Å². The average molecular weight is 273 g/mol. The van der Waals surface area contributed by atoms with Gasteiger partial charge in [0.05, 0.1) is 19.8 Å². The first-order valence-electron chi connectivity index (χ1n) is 6.90. The first kappa shape index (κ1) is 12.8. The highest BCUT2D eigenvalue weighted by Gasteiger charge is 2.23. The maximum atomic E-state index is 5.60. The van der Waals surface area contributed by atoms with Crippen molar-refractivity contribution in [3.63, 3.8) is 0 Å². The van der Waals surface area contributed by atoms with Crippen LogP contribution < -0.4 is 14.8 Å². The molecule has 0 amide bonds. The van der Waals surface area contributed by atoms with Crippen LogP contribution in [0.25, 0.3) is 0 Å². The number of fused-ring (bicyclic) bond motifs is 1. The Kier molecular flexibility index (Phi) is 3.50. The number of imidazole rings is 1. The number of nitrogens with one attached hydrogen (secondary N) is 1. The third kappa shape index (κ3) is 2.31. The van der Waals surface area contributed by atoms with Crippen LogP contribution >= 0.6 is 0 Å². The van der Waals surface area contributed by atoms with Crippen LogP contribution in [-0.2, 0) is 6.54 Å². The van der Waals surface area contributed by atoms with Crippen molar-refractivity contribution in [3.05, 3.63) is 36.4 Å². The Bertz CT molecular complexity index is 595. The number of methoxy groups -OCH3 is 1. The summed E-state index contributed by atoms with van der Waals surface area (Å²) < 4.78 is 13.1. The summed E-state index contributed by atoms with van der Waals surface area (Å²) in [5, 5.41) is 3.51. The van der Waals surface area contributed by atoms with Crippen molar-refractivity contribution >= 4 is 5.69 Å². The van der Waals surface area contributed by atoms with E-state index in [0.717, 1.165) is 36.0 Å². The maximum absolute atomic E-state index is 5.60. The Morgan fingerprint density at radius 3 is 3.10 bits per heavy atom. The molecule has 1 atom stereocenters. The van der Waals surface area contributed by atoms with E-state index in [9.17, 15) is 0 Å². The van der Waals surface area contributed by atoms with Gasteiger partial charge in [-0.05, 0) is 25.5 Å². The van der Waals surface area contributed by atoms with Gasteiger partial charge in [0.15, 0.2) is 11.5 Å². The minimum Gasteiger partial charge on any atom is -0.493 e. The molecule has 1 aliphatic heterocycles. The van der Waals surface area contributed by atoms with Crippen LogP contribution in [0.1, 0.15) is 25.2 Å². The molecule has 5 nitrogen and oxygen atoms in total. The zero-order valence-corrected chi connectivity index (χ0v) is 11.8. The minimum absolute atomic E-state index is 0.257. The molecule has 0 radical (unpaired) electrons. The number of benzene rings is 1. The van der Waals surface area contributed by atoms with Crippen molar-refractivity contribution < 1.29 is 9.47 Å². The molecule has 106 valence electrons. The maximum Gasteiger partial charge on any atom is 0.163 e. The van der Waals surface area contributed by atoms with E-state index in [1.54, 1.807) is 7.11 Å². The third-order valence-corrected chi connectivity index (χ3v) is 3.52. The number of nitrogens with zero attached hydrogens (tertiary/aromatic N) is 2. The van der Waals surface area contributed by atoms with Gasteiger partial charge < -0.3 is 19.4 Å². The number of hydrogen-bond acceptors (Lipinski definition) is 4. The molecule has 0 saturated carbocycles. The van der Waals surface area contributed by atoms with Crippen LogP contribution in [0.4, 0.5) is 5.69 Å². The molecule has 0 saturated heterocycles. The molecule has 0 bridgehead atoms. The van der Waals surface area contributed by atoms with E-state index in [1.807, 2.05) is 37.5 Å². The predicted octanol–water partition coefficient (Wildman–Crippen LogP) is 2.85. The van der Waals surface area contributed by atoms with Crippen LogP contribution in [0.15, 0.2) is 30.6 Å². The summed E-state index contributed by atoms with van der Waals surface area (Å²) >= 11 is 0. The van der Waals surface area contributed by atoms with Gasteiger partial charge in [-0.2, -0.15) is 0 Å². The Labute approximate surface area is 118 Å². The molecule has 5 heteroatoms. The second kappa shape index (κ2) is 5.45. The molecule has 2 heterocycles. The van der Waals surface area contributed by atoms with E-state index in [0.29, 0.717) is 6.61 Å². The monoisotopic (exact) mass is 273 g/mol. The molecule has 1 aliphatic rings. The fourth-order valence-electron chi connectivity index (χ4n) is 2.59. The van der Waals surface area contributed by atoms with Gasteiger partial charge in [-0.15, -0.1) is 0 Å². The van der Waals surface area contributed by atoms with Crippen molar-refractivity contribution in [2.75, 3.05) is 19.0 Å². The molecule has 0 unspecified atom stereocenters. The fraction of sp³-hybridized carbons (Fsp3) is 0.400. The number of ether oxygens (including phenoxy) is 2. The average Bonchev–Trinajstić information content (AvgIpc) is 3.05. The van der Waals surface area contributed by atoms with Crippen molar-refractivity contribution in [3.8, 4) is 11.5 Å². The molecule has 1 aromatic heterocycles. The summed E-state index contributed by atoms with van der Waals surface area (Å²) in [6.07, 6.45) is 4.93. The summed E-state index contributed by atoms with van der Waals surface area (Å²) in [7, 11) is 1.65. The summed E-state index contributed by atoms with van der Waals surface area (Å²) in [6.45, 7) is 3.60. The van der Waals surface area contributed by atoms with Gasteiger partial charge in [0, 0.05) is 30.7 Å². The summed E-state index contributed by atoms with van der Waals surface area (Å²) in [5.74, 6) is 2.62. The molecular weight excluding hydrogens is 254 g/mol. The molecule has 3 rings (SSSR count). The van der Waals surface area contributed by atoms with Gasteiger partial charge in [-0.25, -0.2) is 4.98 Å². The normalized spacial score (nSPS) is 16.8. The van der Waals surface area contributed by atoms with Crippen LogP contribution in [0.3, 0.4) is 0 Å². The molecular formula is C15H19N3O2. The van der Waals surface area contributed by atoms with E-state index in [1.165, 1.54) is 0 Å². The second-order valence-corrected chi connectivity index (χ2v) is 4.76. The van der Waals surface area contributed by atoms with E-state index in [-0.39, 0.29) is 6.04 Å². The van der Waals surface area contributed by atoms with Crippen molar-refractivity contribution in [1.29, 1.82) is 0 Å². The predicted molar refractivity (Wildman–Crippen MR) is 77.4 cm³/mol. The lowest BCUT2D eigenvalue weighted by atomic mass is 10.2. The van der Waals surface area contributed by atoms with Crippen LogP contribution in [0, 0.1) is 0 Å². The Morgan fingerprint density at radius 2 is 2.30 bits per heavy atom. The zero-order chi connectivity index (χ0) is 13.9. The van der Waals surface area contributed by atoms with Gasteiger partial charge in [0.2, 0.25) is 0 Å². The minimum atomic E-state index is 0.257. The lowest BCUT2D eigenvalue weighted by molar-refractivity contribution is 0.311. The highest BCUT2D eigenvalue weighted by atomic mass is 16.5. The number of aryl methyl sites for hydroxylation is 1. The van der Waals surface area contributed by atoms with Crippen molar-refractivity contribution in [2.45, 2.75) is 25.9 Å². The Hall–Kier alpha value is -2.17. The first-order valence-corrected chi connectivity index (χ1v) is 6.90. The van der Waals surface area contributed by atoms with Gasteiger partial charge in [0.25, 0.3) is 0 Å². The van der Waals surface area contributed by atoms with E-state index < -0.39 is 0 Å². The zero-order valence-electron chi connectivity index (χ0n) is 11.8. The van der Waals surface area contributed by atoms with Crippen molar-refractivity contribution in [1.82, 2.24) is 9.55 Å². The van der Waals surface area contributed by atoms with Crippen LogP contribution in [-0.4, -0.2) is 23.3 Å². The molecule has 1 aromatic carbocycles. The molecule has 0 aliphatic carbocycles. The highest BCUT2D eigenvalue weighted by molar-refractivity contribution is 5.55. The largest absolute Gasteiger partial charge is 0.493 e. The van der Waals surface area contributed by atoms with E-state index in [4.69, 9.17) is 9.47 Å². The molecule has 1 N–H and O–H groups in total. The van der Waals surface area contributed by atoms with Gasteiger partial charge >= 0.3 is 0 Å². The Balaban J connectivity index is 1.80. The molecule has 20 heavy (non-hydrogen) atoms. The standard InChI is InChI=1S/C15H19N3O2/c1-3-20-14-10-11(4-5-13(14)19-2)17-12-6-8-18-9-7-16-15(12)18/h4-5,7,9-10,12,17H,3,6,8H2,1-2H3/t12-/m0/s1. The van der Waals surface area contributed by atoms with E-state index in [2.05, 4.69) is 14.9 Å². The number of anilines is 1. The lowest BCUT2D eigenvalue weighted by Gasteiger charge is -2.15. The Morgan fingerprint density at radius 1 is 1.40 bits per heavy atom. The SMILES string of the molecule is CCOc1cc(N[C@H]2CCn3ccnc32)ccc1OC. The van der Waals surface area contributed by atoms with Gasteiger partial charge in [-0.3, -0.25) is 0 Å². The first-order chi connectivity index (χ1) is 9.81. The topological polar surface area (TPSA) is 48.3 Å². The summed E-state index contributed by atoms with van der Waals surface area (Å²) in [6, 6.07) is 6.17. The third-order valence-electron chi connectivity index (χ3n) is 3.52. The van der Waals surface area contributed by atoms with E-state index >= 15 is 0 Å². The number of hydrogen-bond donors (Lipinski definition) is 1. The van der Waals surface area contributed by atoms with Crippen molar-refractivity contribution in [2.24, 2.45) is 0 Å².